The number of aryl methyl sites for hydroxylation is 2. The molecule has 0 unspecified atom stereocenters. The highest BCUT2D eigenvalue weighted by Gasteiger charge is 2.19. The molecule has 0 radical (unpaired) electrons. The molecule has 1 aliphatic heterocycles. The molecule has 3 rings (SSSR count). The van der Waals surface area contributed by atoms with E-state index in [1.54, 1.807) is 0 Å². The highest BCUT2D eigenvalue weighted by atomic mass is 32.1. The third kappa shape index (κ3) is 5.13. The van der Waals surface area contributed by atoms with Gasteiger partial charge in [-0.1, -0.05) is 50.3 Å². The van der Waals surface area contributed by atoms with Crippen LogP contribution < -0.4 is 5.73 Å². The van der Waals surface area contributed by atoms with Crippen molar-refractivity contribution in [2.45, 2.75) is 46.8 Å². The number of carbonyl (C=O) groups excluding carboxylic acids is 1. The maximum absolute atomic E-state index is 11.8. The van der Waals surface area contributed by atoms with Crippen molar-refractivity contribution in [1.29, 1.82) is 0 Å². The second kappa shape index (κ2) is 9.20. The SMILES string of the molecule is Cc1cc(C)n(CN2CCN(Cc3ccc(C(C)C)cc3)CC2)c(=S)c1C(N)=O. The molecule has 2 aromatic rings. The molecule has 0 spiro atoms. The van der Waals surface area contributed by atoms with Crippen LogP contribution in [-0.4, -0.2) is 46.5 Å². The van der Waals surface area contributed by atoms with E-state index in [2.05, 4.69) is 47.9 Å². The summed E-state index contributed by atoms with van der Waals surface area (Å²) in [6, 6.07) is 11.0. The van der Waals surface area contributed by atoms with Gasteiger partial charge in [-0.15, -0.1) is 0 Å². The predicted molar refractivity (Wildman–Crippen MR) is 121 cm³/mol. The smallest absolute Gasteiger partial charge is 0.251 e. The van der Waals surface area contributed by atoms with Crippen LogP contribution in [0.1, 0.15) is 52.5 Å². The Kier molecular flexibility index (Phi) is 6.88. The fraction of sp³-hybridized carbons (Fsp3) is 0.478. The summed E-state index contributed by atoms with van der Waals surface area (Å²) in [6.07, 6.45) is 0. The Hall–Kier alpha value is -2.02. The Morgan fingerprint density at radius 1 is 1.07 bits per heavy atom. The van der Waals surface area contributed by atoms with Crippen LogP contribution >= 0.6 is 12.2 Å². The number of amides is 1. The van der Waals surface area contributed by atoms with Gasteiger partial charge in [0, 0.05) is 38.4 Å². The van der Waals surface area contributed by atoms with Crippen LogP contribution in [-0.2, 0) is 13.2 Å². The lowest BCUT2D eigenvalue weighted by Crippen LogP contribution is -2.46. The highest BCUT2D eigenvalue weighted by Crippen LogP contribution is 2.18. The van der Waals surface area contributed by atoms with Gasteiger partial charge >= 0.3 is 0 Å². The van der Waals surface area contributed by atoms with Gasteiger partial charge in [0.05, 0.1) is 12.2 Å². The lowest BCUT2D eigenvalue weighted by atomic mass is 10.0. The molecule has 0 saturated carbocycles. The van der Waals surface area contributed by atoms with E-state index in [0.29, 0.717) is 22.8 Å². The minimum atomic E-state index is -0.449. The number of piperazine rings is 1. The molecule has 156 valence electrons. The van der Waals surface area contributed by atoms with Gasteiger partial charge in [0.25, 0.3) is 5.91 Å². The molecule has 0 bridgehead atoms. The van der Waals surface area contributed by atoms with Crippen LogP contribution in [0.15, 0.2) is 30.3 Å². The second-order valence-corrected chi connectivity index (χ2v) is 8.76. The summed E-state index contributed by atoms with van der Waals surface area (Å²) in [6.45, 7) is 14.1. The standard InChI is InChI=1S/C23H32N4OS/c1-16(2)20-7-5-19(6-8-20)14-25-9-11-26(12-10-25)15-27-18(4)13-17(3)21(22(24)28)23(27)29/h5-8,13,16H,9-12,14-15H2,1-4H3,(H2,24,28). The maximum atomic E-state index is 11.8. The quantitative estimate of drug-likeness (QED) is 0.733. The van der Waals surface area contributed by atoms with Gasteiger partial charge in [0.2, 0.25) is 0 Å². The van der Waals surface area contributed by atoms with Crippen LogP contribution in [0, 0.1) is 18.5 Å². The van der Waals surface area contributed by atoms with E-state index in [4.69, 9.17) is 18.0 Å². The van der Waals surface area contributed by atoms with E-state index in [1.165, 1.54) is 11.1 Å². The van der Waals surface area contributed by atoms with E-state index in [9.17, 15) is 4.79 Å². The third-order valence-electron chi connectivity index (χ3n) is 5.81. The second-order valence-electron chi connectivity index (χ2n) is 8.37. The van der Waals surface area contributed by atoms with Crippen molar-refractivity contribution in [2.75, 3.05) is 26.2 Å². The Bertz CT molecular complexity index is 925. The summed E-state index contributed by atoms with van der Waals surface area (Å²) in [5.41, 5.74) is 10.7. The molecule has 0 aliphatic carbocycles. The van der Waals surface area contributed by atoms with Crippen LogP contribution in [0.4, 0.5) is 0 Å². The number of benzene rings is 1. The van der Waals surface area contributed by atoms with E-state index in [-0.39, 0.29) is 0 Å². The molecule has 2 heterocycles. The van der Waals surface area contributed by atoms with E-state index >= 15 is 0 Å². The molecule has 5 nitrogen and oxygen atoms in total. The molecular weight excluding hydrogens is 380 g/mol. The number of hydrogen-bond donors (Lipinski definition) is 1. The first-order valence-electron chi connectivity index (χ1n) is 10.3. The van der Waals surface area contributed by atoms with Crippen LogP contribution in [0.5, 0.6) is 0 Å². The Labute approximate surface area is 179 Å². The first-order valence-corrected chi connectivity index (χ1v) is 10.7. The molecule has 1 aromatic heterocycles. The molecule has 1 aliphatic rings. The monoisotopic (exact) mass is 412 g/mol. The summed E-state index contributed by atoms with van der Waals surface area (Å²) >= 11 is 5.58. The van der Waals surface area contributed by atoms with Gasteiger partial charge in [-0.05, 0) is 42.5 Å². The summed E-state index contributed by atoms with van der Waals surface area (Å²) in [5, 5.41) is 0. The molecular formula is C23H32N4OS. The lowest BCUT2D eigenvalue weighted by Gasteiger charge is -2.35. The number of nitrogens with zero attached hydrogens (tertiary/aromatic N) is 3. The summed E-state index contributed by atoms with van der Waals surface area (Å²) < 4.78 is 2.57. The number of rotatable bonds is 6. The van der Waals surface area contributed by atoms with Gasteiger partial charge < -0.3 is 10.3 Å². The number of aromatic nitrogens is 1. The van der Waals surface area contributed by atoms with E-state index < -0.39 is 5.91 Å². The molecule has 2 N–H and O–H groups in total. The predicted octanol–water partition coefficient (Wildman–Crippen LogP) is 3.83. The number of nitrogens with two attached hydrogens (primary N) is 1. The summed E-state index contributed by atoms with van der Waals surface area (Å²) in [5.74, 6) is 0.120. The largest absolute Gasteiger partial charge is 0.365 e. The first kappa shape index (κ1) is 21.7. The molecule has 1 fully saturated rings. The average Bonchev–Trinajstić information content (AvgIpc) is 2.66. The zero-order chi connectivity index (χ0) is 21.1. The summed E-state index contributed by atoms with van der Waals surface area (Å²) in [7, 11) is 0. The van der Waals surface area contributed by atoms with E-state index in [0.717, 1.165) is 44.0 Å². The lowest BCUT2D eigenvalue weighted by molar-refractivity contribution is 0.0982. The molecule has 1 amide bonds. The normalized spacial score (nSPS) is 15.8. The first-order chi connectivity index (χ1) is 13.8. The van der Waals surface area contributed by atoms with Gasteiger partial charge in [-0.2, -0.15) is 0 Å². The number of hydrogen-bond acceptors (Lipinski definition) is 4. The van der Waals surface area contributed by atoms with Crippen LogP contribution in [0.2, 0.25) is 0 Å². The fourth-order valence-electron chi connectivity index (χ4n) is 3.96. The third-order valence-corrected chi connectivity index (χ3v) is 6.23. The summed E-state index contributed by atoms with van der Waals surface area (Å²) in [4.78, 5) is 16.7. The zero-order valence-electron chi connectivity index (χ0n) is 17.9. The van der Waals surface area contributed by atoms with Crippen molar-refractivity contribution < 1.29 is 4.79 Å². The van der Waals surface area contributed by atoms with Gasteiger partial charge in [-0.25, -0.2) is 0 Å². The van der Waals surface area contributed by atoms with Crippen molar-refractivity contribution in [3.8, 4) is 0 Å². The Balaban J connectivity index is 1.61. The topological polar surface area (TPSA) is 54.5 Å². The molecule has 0 atom stereocenters. The zero-order valence-corrected chi connectivity index (χ0v) is 18.8. The van der Waals surface area contributed by atoms with Crippen molar-refractivity contribution >= 4 is 18.1 Å². The molecule has 29 heavy (non-hydrogen) atoms. The van der Waals surface area contributed by atoms with E-state index in [1.807, 2.05) is 24.5 Å². The Morgan fingerprint density at radius 3 is 2.21 bits per heavy atom. The minimum Gasteiger partial charge on any atom is -0.365 e. The van der Waals surface area contributed by atoms with Gasteiger partial charge in [-0.3, -0.25) is 14.6 Å². The number of carbonyl (C=O) groups is 1. The maximum Gasteiger partial charge on any atom is 0.251 e. The molecule has 6 heteroatoms. The van der Waals surface area contributed by atoms with Crippen LogP contribution in [0.25, 0.3) is 0 Å². The van der Waals surface area contributed by atoms with Crippen LogP contribution in [0.3, 0.4) is 0 Å². The average molecular weight is 413 g/mol. The van der Waals surface area contributed by atoms with Gasteiger partial charge in [0.1, 0.15) is 4.64 Å². The molecule has 1 saturated heterocycles. The van der Waals surface area contributed by atoms with Crippen molar-refractivity contribution in [2.24, 2.45) is 5.73 Å². The Morgan fingerprint density at radius 2 is 1.66 bits per heavy atom. The number of pyridine rings is 1. The molecule has 1 aromatic carbocycles. The van der Waals surface area contributed by atoms with Gasteiger partial charge in [0.15, 0.2) is 0 Å². The fourth-order valence-corrected chi connectivity index (χ4v) is 4.42. The van der Waals surface area contributed by atoms with Crippen molar-refractivity contribution in [3.63, 3.8) is 0 Å². The van der Waals surface area contributed by atoms with Crippen molar-refractivity contribution in [1.82, 2.24) is 14.4 Å². The van der Waals surface area contributed by atoms with Crippen molar-refractivity contribution in [3.05, 3.63) is 62.9 Å². The highest BCUT2D eigenvalue weighted by molar-refractivity contribution is 7.71. The minimum absolute atomic E-state index is 0.449. The number of primary amides is 1.